The normalized spacial score (nSPS) is 16.1. The summed E-state index contributed by atoms with van der Waals surface area (Å²) in [6, 6.07) is 23.7. The Morgan fingerprint density at radius 1 is 0.944 bits per heavy atom. The van der Waals surface area contributed by atoms with Crippen LogP contribution in [0.2, 0.25) is 0 Å². The Morgan fingerprint density at radius 3 is 2.17 bits per heavy atom. The minimum Gasteiger partial charge on any atom is -0.476 e. The van der Waals surface area contributed by atoms with Crippen molar-refractivity contribution in [2.24, 2.45) is 0 Å². The summed E-state index contributed by atoms with van der Waals surface area (Å²) in [5.74, 6) is 0.0181. The first kappa shape index (κ1) is 25.8. The minimum atomic E-state index is -3.92. The molecular formula is C29H34N2O4S. The van der Waals surface area contributed by atoms with Crippen molar-refractivity contribution in [2.75, 3.05) is 10.8 Å². The van der Waals surface area contributed by atoms with Gasteiger partial charge >= 0.3 is 0 Å². The van der Waals surface area contributed by atoms with Crippen LogP contribution >= 0.6 is 0 Å². The third-order valence-corrected chi connectivity index (χ3v) is 8.06. The molecule has 3 aromatic carbocycles. The van der Waals surface area contributed by atoms with E-state index in [1.807, 2.05) is 56.3 Å². The molecule has 1 aliphatic rings. The van der Waals surface area contributed by atoms with E-state index in [9.17, 15) is 13.2 Å². The van der Waals surface area contributed by atoms with E-state index in [2.05, 4.69) is 26.1 Å². The molecule has 1 aliphatic heterocycles. The Morgan fingerprint density at radius 2 is 1.56 bits per heavy atom. The van der Waals surface area contributed by atoms with Crippen molar-refractivity contribution in [3.05, 3.63) is 90.0 Å². The van der Waals surface area contributed by atoms with E-state index >= 15 is 0 Å². The Bertz CT molecular complexity index is 1330. The molecule has 6 nitrogen and oxygen atoms in total. The molecule has 0 spiro atoms. The molecule has 0 aliphatic carbocycles. The molecule has 0 saturated carbocycles. The summed E-state index contributed by atoms with van der Waals surface area (Å²) < 4.78 is 34.9. The summed E-state index contributed by atoms with van der Waals surface area (Å²) in [7, 11) is -3.92. The van der Waals surface area contributed by atoms with E-state index < -0.39 is 21.7 Å². The summed E-state index contributed by atoms with van der Waals surface area (Å²) in [5, 5.41) is 3.07. The second-order valence-electron chi connectivity index (χ2n) is 10.9. The van der Waals surface area contributed by atoms with E-state index in [1.165, 1.54) is 4.31 Å². The number of amides is 1. The van der Waals surface area contributed by atoms with Crippen LogP contribution in [0.1, 0.15) is 45.7 Å². The van der Waals surface area contributed by atoms with Crippen molar-refractivity contribution in [1.29, 1.82) is 0 Å². The Hall–Kier alpha value is -3.32. The van der Waals surface area contributed by atoms with E-state index in [1.54, 1.807) is 36.4 Å². The fourth-order valence-corrected chi connectivity index (χ4v) is 5.85. The quantitative estimate of drug-likeness (QED) is 0.506. The molecule has 3 aromatic rings. The van der Waals surface area contributed by atoms with E-state index in [4.69, 9.17) is 4.74 Å². The number of hydrogen-bond donors (Lipinski definition) is 1. The molecule has 0 bridgehead atoms. The van der Waals surface area contributed by atoms with Gasteiger partial charge in [-0.1, -0.05) is 75.4 Å². The number of benzene rings is 3. The zero-order valence-corrected chi connectivity index (χ0v) is 22.3. The number of carbonyl (C=O) groups is 1. The first-order chi connectivity index (χ1) is 16.9. The van der Waals surface area contributed by atoms with Gasteiger partial charge in [-0.05, 0) is 61.1 Å². The Balaban J connectivity index is 1.67. The summed E-state index contributed by atoms with van der Waals surface area (Å²) in [6.45, 7) is 9.98. The van der Waals surface area contributed by atoms with Gasteiger partial charge in [0.1, 0.15) is 5.75 Å². The lowest BCUT2D eigenvalue weighted by atomic mass is 9.86. The van der Waals surface area contributed by atoms with Crippen LogP contribution in [0.3, 0.4) is 0 Å². The first-order valence-corrected chi connectivity index (χ1v) is 13.6. The largest absolute Gasteiger partial charge is 0.476 e. The van der Waals surface area contributed by atoms with Gasteiger partial charge < -0.3 is 10.1 Å². The number of nitrogens with zero attached hydrogens (tertiary/aromatic N) is 1. The molecule has 36 heavy (non-hydrogen) atoms. The van der Waals surface area contributed by atoms with Crippen molar-refractivity contribution in [2.45, 2.75) is 63.0 Å². The van der Waals surface area contributed by atoms with Crippen molar-refractivity contribution in [1.82, 2.24) is 5.32 Å². The van der Waals surface area contributed by atoms with Gasteiger partial charge in [-0.25, -0.2) is 8.42 Å². The standard InChI is InChI=1S/C29H34N2O4S/c1-28(2,3)22-16-17-25-24(18-22)31(36(33,34)23-14-10-7-11-15-23)20-26(35-25)27(32)30-29(4,5)19-21-12-8-6-9-13-21/h6-18,26H,19-20H2,1-5H3,(H,30,32). The van der Waals surface area contributed by atoms with Crippen LogP contribution in [0.5, 0.6) is 5.75 Å². The fourth-order valence-electron chi connectivity index (χ4n) is 4.37. The third-order valence-electron chi connectivity index (χ3n) is 6.27. The lowest BCUT2D eigenvalue weighted by Gasteiger charge is -2.37. The highest BCUT2D eigenvalue weighted by Gasteiger charge is 2.39. The van der Waals surface area contributed by atoms with Gasteiger partial charge in [-0.3, -0.25) is 9.10 Å². The van der Waals surface area contributed by atoms with Gasteiger partial charge in [0.05, 0.1) is 17.1 Å². The fraction of sp³-hybridized carbons (Fsp3) is 0.345. The van der Waals surface area contributed by atoms with Crippen molar-refractivity contribution in [3.8, 4) is 5.75 Å². The number of ether oxygens (including phenoxy) is 1. The van der Waals surface area contributed by atoms with Crippen LogP contribution in [0.25, 0.3) is 0 Å². The maximum atomic E-state index is 13.7. The highest BCUT2D eigenvalue weighted by Crippen LogP contribution is 2.40. The van der Waals surface area contributed by atoms with Crippen LogP contribution < -0.4 is 14.4 Å². The third kappa shape index (κ3) is 5.57. The average Bonchev–Trinajstić information content (AvgIpc) is 2.83. The molecular weight excluding hydrogens is 472 g/mol. The lowest BCUT2D eigenvalue weighted by molar-refractivity contribution is -0.129. The molecule has 0 aromatic heterocycles. The van der Waals surface area contributed by atoms with Gasteiger partial charge in [-0.15, -0.1) is 0 Å². The van der Waals surface area contributed by atoms with Crippen LogP contribution in [-0.4, -0.2) is 32.5 Å². The predicted octanol–water partition coefficient (Wildman–Crippen LogP) is 5.08. The molecule has 1 amide bonds. The number of anilines is 1. The van der Waals surface area contributed by atoms with Gasteiger partial charge in [0.2, 0.25) is 0 Å². The van der Waals surface area contributed by atoms with E-state index in [0.29, 0.717) is 17.9 Å². The molecule has 1 heterocycles. The highest BCUT2D eigenvalue weighted by molar-refractivity contribution is 7.92. The number of sulfonamides is 1. The second-order valence-corrected chi connectivity index (χ2v) is 12.8. The minimum absolute atomic E-state index is 0.120. The molecule has 0 radical (unpaired) electrons. The SMILES string of the molecule is CC(C)(Cc1ccccc1)NC(=O)C1CN(S(=O)(=O)c2ccccc2)c2cc(C(C)(C)C)ccc2O1. The highest BCUT2D eigenvalue weighted by atomic mass is 32.2. The van der Waals surface area contributed by atoms with E-state index in [0.717, 1.165) is 11.1 Å². The average molecular weight is 507 g/mol. The summed E-state index contributed by atoms with van der Waals surface area (Å²) in [5.41, 5.74) is 1.78. The Kier molecular flexibility index (Phi) is 6.88. The topological polar surface area (TPSA) is 75.7 Å². The maximum Gasteiger partial charge on any atom is 0.264 e. The van der Waals surface area contributed by atoms with Crippen LogP contribution in [-0.2, 0) is 26.7 Å². The van der Waals surface area contributed by atoms with Gasteiger partial charge in [0.25, 0.3) is 15.9 Å². The van der Waals surface area contributed by atoms with E-state index in [-0.39, 0.29) is 22.8 Å². The summed E-state index contributed by atoms with van der Waals surface area (Å²) in [6.07, 6.45) is -0.365. The first-order valence-electron chi connectivity index (χ1n) is 12.1. The lowest BCUT2D eigenvalue weighted by Crippen LogP contribution is -2.55. The molecule has 0 fully saturated rings. The molecule has 1 N–H and O–H groups in total. The van der Waals surface area contributed by atoms with Gasteiger partial charge in [0.15, 0.2) is 6.10 Å². The zero-order valence-electron chi connectivity index (χ0n) is 21.5. The molecule has 190 valence electrons. The zero-order chi connectivity index (χ0) is 26.1. The van der Waals surface area contributed by atoms with Crippen molar-refractivity contribution < 1.29 is 17.9 Å². The number of hydrogen-bond acceptors (Lipinski definition) is 4. The number of carbonyl (C=O) groups excluding carboxylic acids is 1. The van der Waals surface area contributed by atoms with Crippen LogP contribution in [0, 0.1) is 0 Å². The second kappa shape index (κ2) is 9.62. The van der Waals surface area contributed by atoms with Crippen molar-refractivity contribution >= 4 is 21.6 Å². The van der Waals surface area contributed by atoms with Gasteiger partial charge in [0, 0.05) is 5.54 Å². The molecule has 0 saturated heterocycles. The number of fused-ring (bicyclic) bond motifs is 1. The number of rotatable bonds is 6. The maximum absolute atomic E-state index is 13.7. The monoisotopic (exact) mass is 506 g/mol. The molecule has 1 atom stereocenters. The summed E-state index contributed by atoms with van der Waals surface area (Å²) in [4.78, 5) is 13.6. The molecule has 4 rings (SSSR count). The Labute approximate surface area is 214 Å². The van der Waals surface area contributed by atoms with Crippen LogP contribution in [0.15, 0.2) is 83.8 Å². The predicted molar refractivity (Wildman–Crippen MR) is 143 cm³/mol. The van der Waals surface area contributed by atoms with Crippen molar-refractivity contribution in [3.63, 3.8) is 0 Å². The summed E-state index contributed by atoms with van der Waals surface area (Å²) >= 11 is 0. The molecule has 7 heteroatoms. The molecule has 1 unspecified atom stereocenters. The van der Waals surface area contributed by atoms with Crippen LogP contribution in [0.4, 0.5) is 5.69 Å². The van der Waals surface area contributed by atoms with Gasteiger partial charge in [-0.2, -0.15) is 0 Å². The number of nitrogens with one attached hydrogen (secondary N) is 1. The smallest absolute Gasteiger partial charge is 0.264 e.